The van der Waals surface area contributed by atoms with Crippen molar-refractivity contribution < 1.29 is 9.47 Å². The van der Waals surface area contributed by atoms with E-state index < -0.39 is 0 Å². The molecule has 0 spiro atoms. The van der Waals surface area contributed by atoms with Gasteiger partial charge in [-0.3, -0.25) is 4.99 Å². The first-order chi connectivity index (χ1) is 12.5. The van der Waals surface area contributed by atoms with Gasteiger partial charge in [0, 0.05) is 38.1 Å². The Morgan fingerprint density at radius 3 is 2.69 bits per heavy atom. The van der Waals surface area contributed by atoms with Gasteiger partial charge in [0.05, 0.1) is 37.5 Å². The maximum absolute atomic E-state index is 5.33. The van der Waals surface area contributed by atoms with E-state index in [1.165, 1.54) is 0 Å². The number of rotatable bonds is 5. The molecule has 2 saturated heterocycles. The van der Waals surface area contributed by atoms with Crippen molar-refractivity contribution in [1.82, 2.24) is 20.2 Å². The van der Waals surface area contributed by atoms with Crippen LogP contribution in [0.1, 0.15) is 13.8 Å². The molecule has 0 saturated carbocycles. The minimum Gasteiger partial charge on any atom is -0.480 e. The summed E-state index contributed by atoms with van der Waals surface area (Å²) >= 11 is 3.39. The summed E-state index contributed by atoms with van der Waals surface area (Å²) < 4.78 is 11.4. The largest absolute Gasteiger partial charge is 0.480 e. The van der Waals surface area contributed by atoms with Crippen molar-refractivity contribution in [3.05, 3.63) is 10.7 Å². The van der Waals surface area contributed by atoms with Crippen LogP contribution >= 0.6 is 15.9 Å². The number of anilines is 1. The highest BCUT2D eigenvalue weighted by molar-refractivity contribution is 9.10. The van der Waals surface area contributed by atoms with Crippen molar-refractivity contribution in [3.8, 4) is 5.88 Å². The fraction of sp³-hybridized carbons (Fsp3) is 0.706. The number of guanidine groups is 1. The average Bonchev–Trinajstić information content (AvgIpc) is 2.64. The van der Waals surface area contributed by atoms with Crippen LogP contribution < -0.4 is 15.0 Å². The number of halogens is 1. The molecule has 0 bridgehead atoms. The van der Waals surface area contributed by atoms with Gasteiger partial charge in [0.2, 0.25) is 11.8 Å². The Balaban J connectivity index is 1.61. The predicted molar refractivity (Wildman–Crippen MR) is 105 cm³/mol. The van der Waals surface area contributed by atoms with E-state index in [1.807, 2.05) is 0 Å². The Morgan fingerprint density at radius 2 is 2.12 bits per heavy atom. The van der Waals surface area contributed by atoms with E-state index >= 15 is 0 Å². The molecule has 2 aliphatic heterocycles. The lowest BCUT2D eigenvalue weighted by Crippen LogP contribution is -2.53. The van der Waals surface area contributed by atoms with Crippen LogP contribution in [0.25, 0.3) is 0 Å². The van der Waals surface area contributed by atoms with Crippen LogP contribution in [-0.4, -0.2) is 80.4 Å². The zero-order valence-electron chi connectivity index (χ0n) is 15.7. The number of aliphatic imine (C=N–C) groups is 1. The zero-order chi connectivity index (χ0) is 18.6. The summed E-state index contributed by atoms with van der Waals surface area (Å²) in [5, 5.41) is 3.41. The first-order valence-electron chi connectivity index (χ1n) is 8.97. The minimum absolute atomic E-state index is 0.185. The summed E-state index contributed by atoms with van der Waals surface area (Å²) in [4.78, 5) is 18.2. The van der Waals surface area contributed by atoms with E-state index in [0.29, 0.717) is 11.8 Å². The maximum Gasteiger partial charge on any atom is 0.232 e. The van der Waals surface area contributed by atoms with Gasteiger partial charge in [-0.05, 0) is 22.9 Å². The summed E-state index contributed by atoms with van der Waals surface area (Å²) in [6, 6.07) is 0. The summed E-state index contributed by atoms with van der Waals surface area (Å²) in [5.41, 5.74) is 0.185. The number of hydrogen-bond acceptors (Lipinski definition) is 6. The number of piperazine rings is 1. The standard InChI is InChI=1S/C17H27BrN6O2/c1-4-19-15(21-10-17(2)11-26-12-17)23-5-7-24(8-6-23)16-20-9-13(18)14(22-16)25-3/h9H,4-8,10-12H2,1-3H3,(H,19,21). The molecule has 3 heterocycles. The van der Waals surface area contributed by atoms with Gasteiger partial charge in [-0.1, -0.05) is 6.92 Å². The van der Waals surface area contributed by atoms with Crippen LogP contribution in [0.2, 0.25) is 0 Å². The van der Waals surface area contributed by atoms with Crippen molar-refractivity contribution >= 4 is 27.8 Å². The molecular weight excluding hydrogens is 400 g/mol. The second kappa shape index (κ2) is 8.39. The Bertz CT molecular complexity index is 644. The quantitative estimate of drug-likeness (QED) is 0.562. The van der Waals surface area contributed by atoms with Crippen molar-refractivity contribution in [1.29, 1.82) is 0 Å². The Hall–Kier alpha value is -1.61. The number of nitrogens with zero attached hydrogens (tertiary/aromatic N) is 5. The molecule has 0 aromatic carbocycles. The zero-order valence-corrected chi connectivity index (χ0v) is 17.3. The summed E-state index contributed by atoms with van der Waals surface area (Å²) in [6.45, 7) is 11.0. The number of nitrogens with one attached hydrogen (secondary N) is 1. The molecule has 144 valence electrons. The molecule has 9 heteroatoms. The molecule has 26 heavy (non-hydrogen) atoms. The van der Waals surface area contributed by atoms with Gasteiger partial charge < -0.3 is 24.6 Å². The number of hydrogen-bond donors (Lipinski definition) is 1. The molecular formula is C17H27BrN6O2. The second-order valence-corrected chi connectivity index (χ2v) is 7.83. The number of aromatic nitrogens is 2. The van der Waals surface area contributed by atoms with E-state index in [-0.39, 0.29) is 5.41 Å². The highest BCUT2D eigenvalue weighted by Gasteiger charge is 2.33. The second-order valence-electron chi connectivity index (χ2n) is 6.97. The number of methoxy groups -OCH3 is 1. The first kappa shape index (κ1) is 19.2. The normalized spacial score (nSPS) is 19.9. The molecule has 3 rings (SSSR count). The summed E-state index contributed by atoms with van der Waals surface area (Å²) in [7, 11) is 1.61. The lowest BCUT2D eigenvalue weighted by atomic mass is 9.89. The van der Waals surface area contributed by atoms with E-state index in [9.17, 15) is 0 Å². The van der Waals surface area contributed by atoms with Crippen molar-refractivity contribution in [2.75, 3.05) is 64.5 Å². The van der Waals surface area contributed by atoms with Gasteiger partial charge in [0.25, 0.3) is 0 Å². The fourth-order valence-corrected chi connectivity index (χ4v) is 3.34. The Kier molecular flexibility index (Phi) is 6.18. The lowest BCUT2D eigenvalue weighted by molar-refractivity contribution is -0.0946. The molecule has 2 fully saturated rings. The van der Waals surface area contributed by atoms with Gasteiger partial charge in [-0.25, -0.2) is 4.98 Å². The topological polar surface area (TPSA) is 75.1 Å². The molecule has 8 nitrogen and oxygen atoms in total. The van der Waals surface area contributed by atoms with Crippen LogP contribution in [0.15, 0.2) is 15.7 Å². The Labute approximate surface area is 163 Å². The first-order valence-corrected chi connectivity index (χ1v) is 9.76. The number of ether oxygens (including phenoxy) is 2. The molecule has 0 amide bonds. The van der Waals surface area contributed by atoms with Gasteiger partial charge >= 0.3 is 0 Å². The van der Waals surface area contributed by atoms with E-state index in [1.54, 1.807) is 13.3 Å². The fourth-order valence-electron chi connectivity index (χ4n) is 2.99. The third kappa shape index (κ3) is 4.37. The highest BCUT2D eigenvalue weighted by Crippen LogP contribution is 2.27. The maximum atomic E-state index is 5.33. The summed E-state index contributed by atoms with van der Waals surface area (Å²) in [5.74, 6) is 2.24. The third-order valence-electron chi connectivity index (χ3n) is 4.60. The Morgan fingerprint density at radius 1 is 1.38 bits per heavy atom. The molecule has 0 unspecified atom stereocenters. The average molecular weight is 427 g/mol. The van der Waals surface area contributed by atoms with Crippen molar-refractivity contribution in [3.63, 3.8) is 0 Å². The molecule has 1 aromatic heterocycles. The van der Waals surface area contributed by atoms with Crippen LogP contribution in [-0.2, 0) is 4.74 Å². The van der Waals surface area contributed by atoms with Gasteiger partial charge in [-0.15, -0.1) is 0 Å². The highest BCUT2D eigenvalue weighted by atomic mass is 79.9. The molecule has 0 atom stereocenters. The van der Waals surface area contributed by atoms with Crippen LogP contribution in [0.4, 0.5) is 5.95 Å². The predicted octanol–water partition coefficient (Wildman–Crippen LogP) is 1.37. The molecule has 1 aromatic rings. The van der Waals surface area contributed by atoms with Crippen LogP contribution in [0.5, 0.6) is 5.88 Å². The van der Waals surface area contributed by atoms with E-state index in [0.717, 1.165) is 62.9 Å². The SMILES string of the molecule is CCNC(=NCC1(C)COC1)N1CCN(c2ncc(Br)c(OC)n2)CC1. The summed E-state index contributed by atoms with van der Waals surface area (Å²) in [6.07, 6.45) is 1.74. The van der Waals surface area contributed by atoms with Crippen molar-refractivity contribution in [2.45, 2.75) is 13.8 Å². The van der Waals surface area contributed by atoms with Gasteiger partial charge in [-0.2, -0.15) is 4.98 Å². The molecule has 2 aliphatic rings. The van der Waals surface area contributed by atoms with Crippen LogP contribution in [0.3, 0.4) is 0 Å². The van der Waals surface area contributed by atoms with Crippen molar-refractivity contribution in [2.24, 2.45) is 10.4 Å². The van der Waals surface area contributed by atoms with Gasteiger partial charge in [0.1, 0.15) is 0 Å². The van der Waals surface area contributed by atoms with Gasteiger partial charge in [0.15, 0.2) is 5.96 Å². The third-order valence-corrected chi connectivity index (χ3v) is 5.15. The van der Waals surface area contributed by atoms with E-state index in [4.69, 9.17) is 14.5 Å². The lowest BCUT2D eigenvalue weighted by Gasteiger charge is -2.39. The molecule has 0 radical (unpaired) electrons. The minimum atomic E-state index is 0.185. The molecule has 0 aliphatic carbocycles. The van der Waals surface area contributed by atoms with E-state index in [2.05, 4.69) is 54.9 Å². The van der Waals surface area contributed by atoms with Crippen LogP contribution in [0, 0.1) is 5.41 Å². The monoisotopic (exact) mass is 426 g/mol. The molecule has 1 N–H and O–H groups in total. The smallest absolute Gasteiger partial charge is 0.232 e.